The van der Waals surface area contributed by atoms with Crippen LogP contribution in [0.25, 0.3) is 33.6 Å². The van der Waals surface area contributed by atoms with Crippen molar-refractivity contribution < 1.29 is 14.3 Å². The number of aromatic nitrogens is 3. The second-order valence-corrected chi connectivity index (χ2v) is 8.81. The molecule has 0 saturated carbocycles. The normalized spacial score (nSPS) is 11.4. The molecule has 0 saturated heterocycles. The highest BCUT2D eigenvalue weighted by Gasteiger charge is 2.13. The van der Waals surface area contributed by atoms with Crippen LogP contribution in [0, 0.1) is 13.8 Å². The van der Waals surface area contributed by atoms with E-state index in [0.29, 0.717) is 5.69 Å². The molecule has 0 aliphatic rings. The number of anilines is 1. The summed E-state index contributed by atoms with van der Waals surface area (Å²) >= 11 is 0. The average molecular weight is 493 g/mol. The molecular formula is C30H28N4O3. The lowest BCUT2D eigenvalue weighted by atomic mass is 10.1. The third-order valence-corrected chi connectivity index (χ3v) is 6.45. The van der Waals surface area contributed by atoms with Crippen molar-refractivity contribution in [2.45, 2.75) is 27.3 Å². The number of carbonyl (C=O) groups is 2. The van der Waals surface area contributed by atoms with E-state index in [-0.39, 0.29) is 6.61 Å². The van der Waals surface area contributed by atoms with Crippen molar-refractivity contribution in [3.8, 4) is 5.69 Å². The van der Waals surface area contributed by atoms with E-state index < -0.39 is 11.9 Å². The van der Waals surface area contributed by atoms with Gasteiger partial charge in [-0.2, -0.15) is 5.10 Å². The van der Waals surface area contributed by atoms with Crippen molar-refractivity contribution in [1.82, 2.24) is 14.3 Å². The Morgan fingerprint density at radius 2 is 1.68 bits per heavy atom. The third-order valence-electron chi connectivity index (χ3n) is 6.45. The highest BCUT2D eigenvalue weighted by Crippen LogP contribution is 2.31. The van der Waals surface area contributed by atoms with Gasteiger partial charge >= 0.3 is 5.97 Å². The van der Waals surface area contributed by atoms with Gasteiger partial charge in [0.2, 0.25) is 0 Å². The van der Waals surface area contributed by atoms with E-state index in [2.05, 4.69) is 34.0 Å². The minimum atomic E-state index is -0.595. The molecule has 0 unspecified atom stereocenters. The second-order valence-electron chi connectivity index (χ2n) is 8.81. The maximum absolute atomic E-state index is 12.5. The number of hydrogen-bond donors (Lipinski definition) is 1. The first-order valence-electron chi connectivity index (χ1n) is 12.2. The van der Waals surface area contributed by atoms with Gasteiger partial charge in [-0.25, -0.2) is 9.48 Å². The van der Waals surface area contributed by atoms with Gasteiger partial charge in [0.05, 0.1) is 11.4 Å². The number of para-hydroxylation sites is 2. The van der Waals surface area contributed by atoms with E-state index in [1.165, 1.54) is 6.08 Å². The quantitative estimate of drug-likeness (QED) is 0.230. The fourth-order valence-corrected chi connectivity index (χ4v) is 4.72. The predicted molar refractivity (Wildman–Crippen MR) is 147 cm³/mol. The fraction of sp³-hybridized carbons (Fsp3) is 0.167. The number of amides is 1. The summed E-state index contributed by atoms with van der Waals surface area (Å²) < 4.78 is 9.26. The van der Waals surface area contributed by atoms with Crippen molar-refractivity contribution in [2.75, 3.05) is 11.9 Å². The Hall–Kier alpha value is -4.65. The van der Waals surface area contributed by atoms with Crippen LogP contribution in [0.4, 0.5) is 5.69 Å². The Morgan fingerprint density at radius 1 is 0.946 bits per heavy atom. The van der Waals surface area contributed by atoms with Gasteiger partial charge in [-0.3, -0.25) is 4.79 Å². The number of benzene rings is 3. The molecule has 0 aliphatic carbocycles. The van der Waals surface area contributed by atoms with Crippen molar-refractivity contribution in [3.05, 3.63) is 95.8 Å². The van der Waals surface area contributed by atoms with Crippen molar-refractivity contribution in [1.29, 1.82) is 0 Å². The van der Waals surface area contributed by atoms with Crippen LogP contribution < -0.4 is 5.32 Å². The number of rotatable bonds is 7. The topological polar surface area (TPSA) is 78.2 Å². The number of esters is 1. The summed E-state index contributed by atoms with van der Waals surface area (Å²) in [7, 11) is 0. The molecule has 0 bridgehead atoms. The predicted octanol–water partition coefficient (Wildman–Crippen LogP) is 5.81. The molecule has 1 N–H and O–H groups in total. The van der Waals surface area contributed by atoms with Gasteiger partial charge in [0, 0.05) is 51.4 Å². The lowest BCUT2D eigenvalue weighted by Gasteiger charge is -2.07. The van der Waals surface area contributed by atoms with Crippen LogP contribution in [0.1, 0.15) is 23.9 Å². The molecule has 186 valence electrons. The molecule has 2 aromatic heterocycles. The summed E-state index contributed by atoms with van der Waals surface area (Å²) in [6, 6.07) is 23.8. The van der Waals surface area contributed by atoms with Crippen LogP contribution in [0.2, 0.25) is 0 Å². The molecule has 0 spiro atoms. The number of hydrogen-bond acceptors (Lipinski definition) is 4. The summed E-state index contributed by atoms with van der Waals surface area (Å²) in [4.78, 5) is 24.8. The number of nitrogens with zero attached hydrogens (tertiary/aromatic N) is 3. The van der Waals surface area contributed by atoms with Crippen LogP contribution in [0.5, 0.6) is 0 Å². The Bertz CT molecular complexity index is 1640. The molecule has 3 aromatic carbocycles. The summed E-state index contributed by atoms with van der Waals surface area (Å²) in [6.45, 7) is 6.42. The summed E-state index contributed by atoms with van der Waals surface area (Å²) in [5.41, 5.74) is 6.41. The Kier molecular flexibility index (Phi) is 6.60. The smallest absolute Gasteiger partial charge is 0.331 e. The zero-order valence-electron chi connectivity index (χ0n) is 21.1. The van der Waals surface area contributed by atoms with E-state index in [1.807, 2.05) is 79.2 Å². The number of nitrogens with one attached hydrogen (secondary N) is 1. The first-order valence-corrected chi connectivity index (χ1v) is 12.2. The zero-order chi connectivity index (χ0) is 25.9. The third kappa shape index (κ3) is 4.76. The van der Waals surface area contributed by atoms with Gasteiger partial charge in [-0.15, -0.1) is 0 Å². The van der Waals surface area contributed by atoms with Crippen LogP contribution in [0.3, 0.4) is 0 Å². The molecule has 0 aliphatic heterocycles. The van der Waals surface area contributed by atoms with E-state index in [1.54, 1.807) is 6.08 Å². The largest absolute Gasteiger partial charge is 0.452 e. The standard InChI is InChI=1S/C30H28N4O3/c1-4-33-27-13-9-8-12-25(27)26-18-22(14-16-28(26)33)31-29(35)19-37-30(36)17-15-24-20(2)32-34(21(24)3)23-10-6-5-7-11-23/h5-18H,4,19H2,1-3H3,(H,31,35). The molecular weight excluding hydrogens is 464 g/mol. The monoisotopic (exact) mass is 492 g/mol. The highest BCUT2D eigenvalue weighted by molar-refractivity contribution is 6.10. The second kappa shape index (κ2) is 10.1. The van der Waals surface area contributed by atoms with E-state index >= 15 is 0 Å². The van der Waals surface area contributed by atoms with Gasteiger partial charge in [0.1, 0.15) is 0 Å². The highest BCUT2D eigenvalue weighted by atomic mass is 16.5. The molecule has 37 heavy (non-hydrogen) atoms. The molecule has 2 heterocycles. The molecule has 5 aromatic rings. The van der Waals surface area contributed by atoms with Gasteiger partial charge in [-0.1, -0.05) is 36.4 Å². The molecule has 0 fully saturated rings. The Balaban J connectivity index is 1.23. The fourth-order valence-electron chi connectivity index (χ4n) is 4.72. The van der Waals surface area contributed by atoms with Gasteiger partial charge in [0.15, 0.2) is 6.61 Å². The zero-order valence-corrected chi connectivity index (χ0v) is 21.1. The van der Waals surface area contributed by atoms with Gasteiger partial charge in [0.25, 0.3) is 5.91 Å². The minimum Gasteiger partial charge on any atom is -0.452 e. The molecule has 7 nitrogen and oxygen atoms in total. The van der Waals surface area contributed by atoms with E-state index in [4.69, 9.17) is 4.74 Å². The number of fused-ring (bicyclic) bond motifs is 3. The van der Waals surface area contributed by atoms with Crippen LogP contribution >= 0.6 is 0 Å². The average Bonchev–Trinajstić information content (AvgIpc) is 3.39. The molecule has 5 rings (SSSR count). The minimum absolute atomic E-state index is 0.376. The first-order chi connectivity index (χ1) is 18.0. The van der Waals surface area contributed by atoms with E-state index in [0.717, 1.165) is 51.0 Å². The first kappa shape index (κ1) is 24.1. The summed E-state index contributed by atoms with van der Waals surface area (Å²) in [5.74, 6) is -0.993. The van der Waals surface area contributed by atoms with Crippen LogP contribution in [0.15, 0.2) is 78.9 Å². The van der Waals surface area contributed by atoms with Crippen molar-refractivity contribution in [3.63, 3.8) is 0 Å². The van der Waals surface area contributed by atoms with Crippen molar-refractivity contribution >= 4 is 45.4 Å². The summed E-state index contributed by atoms with van der Waals surface area (Å²) in [6.07, 6.45) is 3.00. The Labute approximate surface area is 215 Å². The van der Waals surface area contributed by atoms with Crippen LogP contribution in [-0.4, -0.2) is 32.8 Å². The van der Waals surface area contributed by atoms with Crippen LogP contribution in [-0.2, 0) is 20.9 Å². The van der Waals surface area contributed by atoms with E-state index in [9.17, 15) is 9.59 Å². The SMILES string of the molecule is CCn1c2ccccc2c2cc(NC(=O)COC(=O)C=Cc3c(C)nn(-c4ccccc4)c3C)ccc21. The number of carbonyl (C=O) groups excluding carboxylic acids is 2. The Morgan fingerprint density at radius 3 is 2.46 bits per heavy atom. The van der Waals surface area contributed by atoms with Gasteiger partial charge < -0.3 is 14.6 Å². The lowest BCUT2D eigenvalue weighted by molar-refractivity contribution is -0.142. The summed E-state index contributed by atoms with van der Waals surface area (Å²) in [5, 5.41) is 9.61. The molecule has 0 radical (unpaired) electrons. The molecule has 0 atom stereocenters. The molecule has 7 heteroatoms. The number of aryl methyl sites for hydroxylation is 2. The molecule has 1 amide bonds. The number of ether oxygens (including phenoxy) is 1. The maximum Gasteiger partial charge on any atom is 0.331 e. The van der Waals surface area contributed by atoms with Gasteiger partial charge in [-0.05, 0) is 63.2 Å². The van der Waals surface area contributed by atoms with Crippen molar-refractivity contribution in [2.24, 2.45) is 0 Å². The lowest BCUT2D eigenvalue weighted by Crippen LogP contribution is -2.20. The maximum atomic E-state index is 12.5.